The molecule has 88 valence electrons. The Kier molecular flexibility index (Phi) is 2.50. The van der Waals surface area contributed by atoms with E-state index in [9.17, 15) is 0 Å². The van der Waals surface area contributed by atoms with E-state index in [1.54, 1.807) is 0 Å². The maximum absolute atomic E-state index is 4.74. The van der Waals surface area contributed by atoms with Crippen LogP contribution in [0.4, 0.5) is 5.82 Å². The molecule has 0 amide bonds. The number of benzene rings is 1. The van der Waals surface area contributed by atoms with Crippen LogP contribution in [0.3, 0.4) is 0 Å². The summed E-state index contributed by atoms with van der Waals surface area (Å²) >= 11 is 0. The lowest BCUT2D eigenvalue weighted by Gasteiger charge is -2.18. The van der Waals surface area contributed by atoms with Crippen LogP contribution in [-0.4, -0.2) is 18.1 Å². The zero-order chi connectivity index (χ0) is 11.8. The summed E-state index contributed by atoms with van der Waals surface area (Å²) in [4.78, 5) is 7.14. The first-order valence-corrected chi connectivity index (χ1v) is 6.37. The molecular weight excluding hydrogens is 208 g/mol. The van der Waals surface area contributed by atoms with Gasteiger partial charge in [-0.3, -0.25) is 0 Å². The molecule has 2 nitrogen and oxygen atoms in total. The molecule has 0 aliphatic carbocycles. The predicted molar refractivity (Wildman–Crippen MR) is 72.7 cm³/mol. The molecule has 2 heterocycles. The lowest BCUT2D eigenvalue weighted by atomic mass is 10.1. The zero-order valence-electron chi connectivity index (χ0n) is 10.5. The Morgan fingerprint density at radius 2 is 1.82 bits per heavy atom. The Morgan fingerprint density at radius 3 is 2.59 bits per heavy atom. The van der Waals surface area contributed by atoms with E-state index in [1.165, 1.54) is 29.2 Å². The molecular formula is C15H18N2. The van der Waals surface area contributed by atoms with Gasteiger partial charge in [0, 0.05) is 24.2 Å². The second kappa shape index (κ2) is 4.02. The smallest absolute Gasteiger partial charge is 0.129 e. The third-order valence-electron chi connectivity index (χ3n) is 3.59. The molecule has 1 aliphatic rings. The fraction of sp³-hybridized carbons (Fsp3) is 0.400. The molecule has 0 spiro atoms. The Hall–Kier alpha value is -1.57. The minimum Gasteiger partial charge on any atom is -0.357 e. The molecule has 3 rings (SSSR count). The Bertz CT molecular complexity index is 554. The summed E-state index contributed by atoms with van der Waals surface area (Å²) in [5, 5.41) is 2.60. The number of anilines is 1. The second-order valence-electron chi connectivity index (χ2n) is 4.98. The first-order valence-electron chi connectivity index (χ1n) is 6.37. The van der Waals surface area contributed by atoms with E-state index in [1.807, 2.05) is 0 Å². The molecule has 1 fully saturated rings. The molecule has 0 N–H and O–H groups in total. The van der Waals surface area contributed by atoms with Gasteiger partial charge in [0.2, 0.25) is 0 Å². The van der Waals surface area contributed by atoms with Crippen molar-refractivity contribution in [2.45, 2.75) is 26.7 Å². The molecule has 2 aromatic rings. The van der Waals surface area contributed by atoms with Gasteiger partial charge in [-0.15, -0.1) is 0 Å². The second-order valence-corrected chi connectivity index (χ2v) is 4.98. The van der Waals surface area contributed by atoms with Gasteiger partial charge in [-0.1, -0.05) is 23.8 Å². The van der Waals surface area contributed by atoms with Crippen LogP contribution in [0.15, 0.2) is 24.3 Å². The third-order valence-corrected chi connectivity index (χ3v) is 3.59. The summed E-state index contributed by atoms with van der Waals surface area (Å²) in [7, 11) is 0. The van der Waals surface area contributed by atoms with Crippen LogP contribution in [-0.2, 0) is 0 Å². The Morgan fingerprint density at radius 1 is 1.06 bits per heavy atom. The topological polar surface area (TPSA) is 16.1 Å². The number of pyridine rings is 1. The molecule has 1 aromatic heterocycles. The number of rotatable bonds is 1. The number of aromatic nitrogens is 1. The molecule has 1 aromatic carbocycles. The van der Waals surface area contributed by atoms with Gasteiger partial charge in [0.1, 0.15) is 5.82 Å². The highest BCUT2D eigenvalue weighted by Gasteiger charge is 2.14. The lowest BCUT2D eigenvalue weighted by molar-refractivity contribution is 0.934. The van der Waals surface area contributed by atoms with Crippen LogP contribution in [0.2, 0.25) is 0 Å². The summed E-state index contributed by atoms with van der Waals surface area (Å²) in [6, 6.07) is 8.83. The van der Waals surface area contributed by atoms with Crippen molar-refractivity contribution in [2.24, 2.45) is 0 Å². The summed E-state index contributed by atoms with van der Waals surface area (Å²) in [5.41, 5.74) is 2.46. The van der Waals surface area contributed by atoms with E-state index >= 15 is 0 Å². The van der Waals surface area contributed by atoms with Crippen LogP contribution in [0.25, 0.3) is 10.8 Å². The number of hydrogen-bond donors (Lipinski definition) is 0. The molecule has 0 radical (unpaired) electrons. The molecule has 2 heteroatoms. The van der Waals surface area contributed by atoms with Gasteiger partial charge in [-0.25, -0.2) is 4.98 Å². The van der Waals surface area contributed by atoms with Crippen molar-refractivity contribution >= 4 is 16.6 Å². The molecule has 1 aliphatic heterocycles. The Balaban J connectivity index is 2.14. The highest BCUT2D eigenvalue weighted by atomic mass is 15.2. The normalized spacial score (nSPS) is 15.8. The predicted octanol–water partition coefficient (Wildman–Crippen LogP) is 3.45. The van der Waals surface area contributed by atoms with Crippen molar-refractivity contribution in [3.63, 3.8) is 0 Å². The van der Waals surface area contributed by atoms with Crippen LogP contribution < -0.4 is 4.90 Å². The van der Waals surface area contributed by atoms with Crippen LogP contribution >= 0.6 is 0 Å². The van der Waals surface area contributed by atoms with Gasteiger partial charge < -0.3 is 4.90 Å². The SMILES string of the molecule is Cc1ccc2c(C)nc(N3CCCC3)cc2c1. The molecule has 0 unspecified atom stereocenters. The molecule has 0 atom stereocenters. The number of nitrogens with zero attached hydrogens (tertiary/aromatic N) is 2. The third kappa shape index (κ3) is 1.88. The van der Waals surface area contributed by atoms with E-state index in [0.717, 1.165) is 24.6 Å². The minimum atomic E-state index is 1.14. The molecule has 0 saturated carbocycles. The largest absolute Gasteiger partial charge is 0.357 e. The van der Waals surface area contributed by atoms with Crippen molar-refractivity contribution in [1.82, 2.24) is 4.98 Å². The quantitative estimate of drug-likeness (QED) is 0.740. The average molecular weight is 226 g/mol. The average Bonchev–Trinajstić information content (AvgIpc) is 2.81. The zero-order valence-corrected chi connectivity index (χ0v) is 10.5. The number of fused-ring (bicyclic) bond motifs is 1. The van der Waals surface area contributed by atoms with Crippen molar-refractivity contribution in [1.29, 1.82) is 0 Å². The maximum Gasteiger partial charge on any atom is 0.129 e. The van der Waals surface area contributed by atoms with Crippen LogP contribution in [0.5, 0.6) is 0 Å². The first-order chi connectivity index (χ1) is 8.24. The summed E-state index contributed by atoms with van der Waals surface area (Å²) in [6.45, 7) is 6.56. The maximum atomic E-state index is 4.74. The fourth-order valence-electron chi connectivity index (χ4n) is 2.64. The van der Waals surface area contributed by atoms with Crippen molar-refractivity contribution in [3.8, 4) is 0 Å². The van der Waals surface area contributed by atoms with E-state index in [2.05, 4.69) is 43.0 Å². The van der Waals surface area contributed by atoms with E-state index in [4.69, 9.17) is 4.98 Å². The first kappa shape index (κ1) is 10.6. The van der Waals surface area contributed by atoms with Gasteiger partial charge in [-0.2, -0.15) is 0 Å². The van der Waals surface area contributed by atoms with Crippen LogP contribution in [0.1, 0.15) is 24.1 Å². The van der Waals surface area contributed by atoms with E-state index in [0.29, 0.717) is 0 Å². The summed E-state index contributed by atoms with van der Waals surface area (Å²) in [5.74, 6) is 1.15. The summed E-state index contributed by atoms with van der Waals surface area (Å²) in [6.07, 6.45) is 2.60. The van der Waals surface area contributed by atoms with Gasteiger partial charge in [0.25, 0.3) is 0 Å². The molecule has 1 saturated heterocycles. The number of aryl methyl sites for hydroxylation is 2. The van der Waals surface area contributed by atoms with Crippen molar-refractivity contribution < 1.29 is 0 Å². The number of hydrogen-bond acceptors (Lipinski definition) is 2. The fourth-order valence-corrected chi connectivity index (χ4v) is 2.64. The monoisotopic (exact) mass is 226 g/mol. The minimum absolute atomic E-state index is 1.14. The Labute approximate surface area is 102 Å². The lowest BCUT2D eigenvalue weighted by Crippen LogP contribution is -2.19. The summed E-state index contributed by atoms with van der Waals surface area (Å²) < 4.78 is 0. The van der Waals surface area contributed by atoms with Crippen molar-refractivity contribution in [3.05, 3.63) is 35.5 Å². The standard InChI is InChI=1S/C15H18N2/c1-11-5-6-14-12(2)16-15(10-13(14)9-11)17-7-3-4-8-17/h5-6,9-10H,3-4,7-8H2,1-2H3. The van der Waals surface area contributed by atoms with Crippen molar-refractivity contribution in [2.75, 3.05) is 18.0 Å². The molecule has 17 heavy (non-hydrogen) atoms. The van der Waals surface area contributed by atoms with Gasteiger partial charge >= 0.3 is 0 Å². The van der Waals surface area contributed by atoms with Crippen LogP contribution in [0, 0.1) is 13.8 Å². The van der Waals surface area contributed by atoms with E-state index < -0.39 is 0 Å². The molecule has 0 bridgehead atoms. The highest BCUT2D eigenvalue weighted by Crippen LogP contribution is 2.25. The highest BCUT2D eigenvalue weighted by molar-refractivity contribution is 5.87. The van der Waals surface area contributed by atoms with E-state index in [-0.39, 0.29) is 0 Å². The van der Waals surface area contributed by atoms with Gasteiger partial charge in [0.05, 0.1) is 0 Å². The van der Waals surface area contributed by atoms with Gasteiger partial charge in [-0.05, 0) is 38.1 Å². The van der Waals surface area contributed by atoms with Gasteiger partial charge in [0.15, 0.2) is 0 Å².